The number of benzene rings is 2. The van der Waals surface area contributed by atoms with Gasteiger partial charge in [0.15, 0.2) is 0 Å². The summed E-state index contributed by atoms with van der Waals surface area (Å²) in [6, 6.07) is 13.6. The van der Waals surface area contributed by atoms with Gasteiger partial charge in [0.25, 0.3) is 0 Å². The average Bonchev–Trinajstić information content (AvgIpc) is 2.71. The van der Waals surface area contributed by atoms with Crippen molar-refractivity contribution in [3.05, 3.63) is 64.2 Å². The molecule has 1 N–H and O–H groups in total. The number of hydrogen-bond acceptors (Lipinski definition) is 2. The van der Waals surface area contributed by atoms with Crippen LogP contribution in [0.5, 0.6) is 5.75 Å². The summed E-state index contributed by atoms with van der Waals surface area (Å²) in [5.74, 6) is 0.929. The molecule has 0 amide bonds. The number of ether oxygens (including phenoxy) is 1. The van der Waals surface area contributed by atoms with Crippen molar-refractivity contribution in [1.29, 1.82) is 0 Å². The van der Waals surface area contributed by atoms with E-state index in [0.29, 0.717) is 11.4 Å². The molecule has 1 aliphatic rings. The fourth-order valence-corrected chi connectivity index (χ4v) is 3.05. The molecule has 2 aromatic rings. The molecule has 21 heavy (non-hydrogen) atoms. The van der Waals surface area contributed by atoms with Crippen molar-refractivity contribution < 1.29 is 9.84 Å². The van der Waals surface area contributed by atoms with Crippen LogP contribution in [0.3, 0.4) is 0 Å². The molecule has 3 rings (SSSR count). The Morgan fingerprint density at radius 3 is 2.81 bits per heavy atom. The van der Waals surface area contributed by atoms with Crippen LogP contribution in [-0.2, 0) is 12.8 Å². The van der Waals surface area contributed by atoms with Crippen LogP contribution in [0.4, 0.5) is 0 Å². The van der Waals surface area contributed by atoms with Crippen molar-refractivity contribution >= 4 is 11.6 Å². The average molecular weight is 303 g/mol. The Labute approximate surface area is 130 Å². The van der Waals surface area contributed by atoms with Gasteiger partial charge in [-0.3, -0.25) is 0 Å². The van der Waals surface area contributed by atoms with Crippen molar-refractivity contribution in [3.8, 4) is 5.75 Å². The van der Waals surface area contributed by atoms with Gasteiger partial charge in [-0.1, -0.05) is 29.8 Å². The van der Waals surface area contributed by atoms with Crippen molar-refractivity contribution in [2.24, 2.45) is 0 Å². The summed E-state index contributed by atoms with van der Waals surface area (Å²) >= 11 is 5.98. The van der Waals surface area contributed by atoms with Gasteiger partial charge in [0, 0.05) is 17.9 Å². The Kier molecular flexibility index (Phi) is 3.68. The lowest BCUT2D eigenvalue weighted by Gasteiger charge is -2.16. The van der Waals surface area contributed by atoms with E-state index in [0.717, 1.165) is 23.3 Å². The Balaban J connectivity index is 1.79. The van der Waals surface area contributed by atoms with Crippen LogP contribution in [-0.4, -0.2) is 10.7 Å². The fourth-order valence-electron chi connectivity index (χ4n) is 2.84. The zero-order chi connectivity index (χ0) is 15.0. The van der Waals surface area contributed by atoms with Crippen LogP contribution in [0.2, 0.25) is 5.02 Å². The van der Waals surface area contributed by atoms with E-state index in [4.69, 9.17) is 16.3 Å². The van der Waals surface area contributed by atoms with Crippen LogP contribution >= 0.6 is 11.6 Å². The standard InChI is InChI=1S/C18H19ClO2/c1-18(2)11-14-10-13(6-7-17(14)21-18)16(20)9-12-4-3-5-15(19)8-12/h3-8,10,16,20H,9,11H2,1-2H3. The summed E-state index contributed by atoms with van der Waals surface area (Å²) in [5.41, 5.74) is 2.98. The molecule has 0 saturated heterocycles. The van der Waals surface area contributed by atoms with Crippen molar-refractivity contribution in [3.63, 3.8) is 0 Å². The van der Waals surface area contributed by atoms with Crippen LogP contribution in [0.25, 0.3) is 0 Å². The number of hydrogen-bond donors (Lipinski definition) is 1. The van der Waals surface area contributed by atoms with E-state index in [2.05, 4.69) is 19.9 Å². The van der Waals surface area contributed by atoms with Gasteiger partial charge in [-0.05, 0) is 54.8 Å². The molecule has 0 spiro atoms. The molecular weight excluding hydrogens is 284 g/mol. The molecule has 0 aromatic heterocycles. The molecule has 1 heterocycles. The molecule has 2 nitrogen and oxygen atoms in total. The van der Waals surface area contributed by atoms with Gasteiger partial charge in [0.2, 0.25) is 0 Å². The SMILES string of the molecule is CC1(C)Cc2cc(C(O)Cc3cccc(Cl)c3)ccc2O1. The Hall–Kier alpha value is -1.51. The summed E-state index contributed by atoms with van der Waals surface area (Å²) in [7, 11) is 0. The lowest BCUT2D eigenvalue weighted by atomic mass is 9.96. The first-order chi connectivity index (χ1) is 9.93. The number of aliphatic hydroxyl groups excluding tert-OH is 1. The van der Waals surface area contributed by atoms with Gasteiger partial charge in [0.05, 0.1) is 6.10 Å². The monoisotopic (exact) mass is 302 g/mol. The number of rotatable bonds is 3. The normalized spacial score (nSPS) is 17.1. The first kappa shape index (κ1) is 14.4. The highest BCUT2D eigenvalue weighted by Crippen LogP contribution is 2.36. The Bertz CT molecular complexity index is 664. The van der Waals surface area contributed by atoms with Crippen LogP contribution in [0.15, 0.2) is 42.5 Å². The number of halogens is 1. The highest BCUT2D eigenvalue weighted by atomic mass is 35.5. The molecule has 1 atom stereocenters. The maximum absolute atomic E-state index is 10.4. The Morgan fingerprint density at radius 1 is 1.24 bits per heavy atom. The van der Waals surface area contributed by atoms with Gasteiger partial charge in [-0.15, -0.1) is 0 Å². The maximum atomic E-state index is 10.4. The van der Waals surface area contributed by atoms with E-state index < -0.39 is 6.10 Å². The number of aliphatic hydroxyl groups is 1. The van der Waals surface area contributed by atoms with Gasteiger partial charge < -0.3 is 9.84 Å². The van der Waals surface area contributed by atoms with E-state index in [1.165, 1.54) is 5.56 Å². The minimum atomic E-state index is -0.530. The predicted octanol–water partition coefficient (Wildman–Crippen LogP) is 4.33. The second-order valence-corrected chi connectivity index (χ2v) is 6.69. The molecule has 110 valence electrons. The van der Waals surface area contributed by atoms with Crippen LogP contribution in [0.1, 0.15) is 36.6 Å². The van der Waals surface area contributed by atoms with Crippen molar-refractivity contribution in [1.82, 2.24) is 0 Å². The molecule has 0 radical (unpaired) electrons. The van der Waals surface area contributed by atoms with E-state index in [1.54, 1.807) is 0 Å². The quantitative estimate of drug-likeness (QED) is 0.914. The zero-order valence-electron chi connectivity index (χ0n) is 12.3. The summed E-state index contributed by atoms with van der Waals surface area (Å²) in [6.07, 6.45) is 0.904. The highest BCUT2D eigenvalue weighted by Gasteiger charge is 2.30. The second kappa shape index (κ2) is 5.36. The third-order valence-electron chi connectivity index (χ3n) is 3.79. The molecule has 3 heteroatoms. The predicted molar refractivity (Wildman–Crippen MR) is 85.0 cm³/mol. The van der Waals surface area contributed by atoms with Gasteiger partial charge in [-0.25, -0.2) is 0 Å². The Morgan fingerprint density at radius 2 is 2.05 bits per heavy atom. The number of fused-ring (bicyclic) bond motifs is 1. The lowest BCUT2D eigenvalue weighted by Crippen LogP contribution is -2.24. The third-order valence-corrected chi connectivity index (χ3v) is 4.02. The first-order valence-corrected chi connectivity index (χ1v) is 7.55. The molecule has 0 fully saturated rings. The largest absolute Gasteiger partial charge is 0.487 e. The highest BCUT2D eigenvalue weighted by molar-refractivity contribution is 6.30. The molecular formula is C18H19ClO2. The van der Waals surface area contributed by atoms with E-state index in [-0.39, 0.29) is 5.60 Å². The van der Waals surface area contributed by atoms with Crippen molar-refractivity contribution in [2.45, 2.75) is 38.4 Å². The van der Waals surface area contributed by atoms with E-state index >= 15 is 0 Å². The molecule has 0 bridgehead atoms. The van der Waals surface area contributed by atoms with Crippen molar-refractivity contribution in [2.75, 3.05) is 0 Å². The fraction of sp³-hybridized carbons (Fsp3) is 0.333. The molecule has 0 aliphatic carbocycles. The smallest absolute Gasteiger partial charge is 0.123 e. The molecule has 1 unspecified atom stereocenters. The lowest BCUT2D eigenvalue weighted by molar-refractivity contribution is 0.138. The second-order valence-electron chi connectivity index (χ2n) is 6.26. The topological polar surface area (TPSA) is 29.5 Å². The summed E-state index contributed by atoms with van der Waals surface area (Å²) in [5, 5.41) is 11.1. The van der Waals surface area contributed by atoms with E-state index in [9.17, 15) is 5.11 Å². The maximum Gasteiger partial charge on any atom is 0.123 e. The van der Waals surface area contributed by atoms with Crippen LogP contribution in [0, 0.1) is 0 Å². The summed E-state index contributed by atoms with van der Waals surface area (Å²) < 4.78 is 5.86. The summed E-state index contributed by atoms with van der Waals surface area (Å²) in [4.78, 5) is 0. The summed E-state index contributed by atoms with van der Waals surface area (Å²) in [6.45, 7) is 4.16. The van der Waals surface area contributed by atoms with Gasteiger partial charge in [-0.2, -0.15) is 0 Å². The zero-order valence-corrected chi connectivity index (χ0v) is 13.0. The molecule has 1 aliphatic heterocycles. The van der Waals surface area contributed by atoms with Gasteiger partial charge in [0.1, 0.15) is 11.4 Å². The minimum Gasteiger partial charge on any atom is -0.487 e. The van der Waals surface area contributed by atoms with Gasteiger partial charge >= 0.3 is 0 Å². The third kappa shape index (κ3) is 3.22. The van der Waals surface area contributed by atoms with E-state index in [1.807, 2.05) is 36.4 Å². The first-order valence-electron chi connectivity index (χ1n) is 7.17. The molecule has 0 saturated carbocycles. The minimum absolute atomic E-state index is 0.154. The molecule has 2 aromatic carbocycles. The van der Waals surface area contributed by atoms with Crippen LogP contribution < -0.4 is 4.74 Å².